The van der Waals surface area contributed by atoms with Crippen LogP contribution in [0.1, 0.15) is 5.56 Å². The molecule has 1 aliphatic heterocycles. The van der Waals surface area contributed by atoms with Gasteiger partial charge in [0.25, 0.3) is 10.5 Å². The van der Waals surface area contributed by atoms with E-state index in [-0.39, 0.29) is 0 Å². The Kier molecular flexibility index (Phi) is 8.44. The summed E-state index contributed by atoms with van der Waals surface area (Å²) in [6, 6.07) is 8.31. The molecule has 0 bridgehead atoms. The van der Waals surface area contributed by atoms with Gasteiger partial charge in [-0.1, -0.05) is 12.1 Å². The number of nitrogens with zero attached hydrogens (tertiary/aromatic N) is 1. The van der Waals surface area contributed by atoms with E-state index in [4.69, 9.17) is 22.4 Å². The number of quaternary nitrogens is 1. The zero-order valence-electron chi connectivity index (χ0n) is 14.1. The van der Waals surface area contributed by atoms with Crippen molar-refractivity contribution >= 4 is 22.3 Å². The predicted octanol–water partition coefficient (Wildman–Crippen LogP) is 1.82. The summed E-state index contributed by atoms with van der Waals surface area (Å²) in [4.78, 5) is 0. The molecule has 1 aliphatic rings. The molecule has 1 saturated heterocycles. The number of methoxy groups -OCH3 is 1. The first-order chi connectivity index (χ1) is 11.1. The number of thioether (sulfide) groups is 1. The highest BCUT2D eigenvalue weighted by Crippen LogP contribution is 2.20. The molecular weight excluding hydrogens is 357 g/mol. The summed E-state index contributed by atoms with van der Waals surface area (Å²) in [5, 5.41) is 0. The lowest BCUT2D eigenvalue weighted by atomic mass is 10.2. The smallest absolute Gasteiger partial charge is 0.255 e. The van der Waals surface area contributed by atoms with Crippen LogP contribution in [0.15, 0.2) is 24.3 Å². The van der Waals surface area contributed by atoms with E-state index in [0.717, 1.165) is 41.4 Å². The first-order valence-electron chi connectivity index (χ1n) is 7.39. The average molecular weight is 381 g/mol. The van der Waals surface area contributed by atoms with Gasteiger partial charge in [-0.15, -0.1) is 3.89 Å². The maximum absolute atomic E-state index is 10.1. The standard InChI is InChI=1S/C15H24NO2S.FHO3S/c1-16(2)8-9-18-15(10-16)12-19-11-13-4-6-14(17-3)7-5-13;1-5(2,3)4/h4-7,15H,8-12H2,1-3H3;(H,2,3,4)/q+1;/p-1. The molecule has 1 aromatic rings. The monoisotopic (exact) mass is 381 g/mol. The highest BCUT2D eigenvalue weighted by Gasteiger charge is 2.27. The summed E-state index contributed by atoms with van der Waals surface area (Å²) in [5.74, 6) is 3.04. The van der Waals surface area contributed by atoms with E-state index in [1.54, 1.807) is 7.11 Å². The van der Waals surface area contributed by atoms with Crippen molar-refractivity contribution in [2.45, 2.75) is 11.9 Å². The van der Waals surface area contributed by atoms with Crippen LogP contribution < -0.4 is 4.74 Å². The van der Waals surface area contributed by atoms with E-state index in [1.807, 2.05) is 23.9 Å². The zero-order valence-corrected chi connectivity index (χ0v) is 15.7. The number of benzene rings is 1. The van der Waals surface area contributed by atoms with Crippen molar-refractivity contribution in [3.63, 3.8) is 0 Å². The average Bonchev–Trinajstić information content (AvgIpc) is 2.45. The van der Waals surface area contributed by atoms with Crippen LogP contribution in [0, 0.1) is 0 Å². The van der Waals surface area contributed by atoms with Gasteiger partial charge in [0, 0.05) is 11.5 Å². The molecule has 24 heavy (non-hydrogen) atoms. The van der Waals surface area contributed by atoms with E-state index in [1.165, 1.54) is 5.56 Å². The maximum atomic E-state index is 10.1. The van der Waals surface area contributed by atoms with Crippen LogP contribution in [0.4, 0.5) is 3.89 Å². The van der Waals surface area contributed by atoms with Gasteiger partial charge in [-0.3, -0.25) is 0 Å². The number of ether oxygens (including phenoxy) is 2. The second kappa shape index (κ2) is 9.57. The lowest BCUT2D eigenvalue weighted by molar-refractivity contribution is -0.901. The minimum atomic E-state index is -5.42. The first-order valence-corrected chi connectivity index (χ1v) is 9.85. The van der Waals surface area contributed by atoms with Crippen LogP contribution in [-0.4, -0.2) is 70.2 Å². The molecule has 1 heterocycles. The van der Waals surface area contributed by atoms with E-state index < -0.39 is 10.5 Å². The molecule has 1 atom stereocenters. The number of hydrogen-bond donors (Lipinski definition) is 0. The van der Waals surface area contributed by atoms with Gasteiger partial charge in [0.2, 0.25) is 0 Å². The second-order valence-corrected chi connectivity index (χ2v) is 7.91. The minimum absolute atomic E-state index is 0.395. The van der Waals surface area contributed by atoms with Crippen LogP contribution in [-0.2, 0) is 21.0 Å². The lowest BCUT2D eigenvalue weighted by Gasteiger charge is -2.37. The van der Waals surface area contributed by atoms with Gasteiger partial charge in [-0.2, -0.15) is 11.8 Å². The third-order valence-corrected chi connectivity index (χ3v) is 4.62. The van der Waals surface area contributed by atoms with Gasteiger partial charge in [0.15, 0.2) is 0 Å². The molecule has 1 unspecified atom stereocenters. The predicted molar refractivity (Wildman–Crippen MR) is 91.5 cm³/mol. The SMILES string of the molecule is COc1ccc(CSCC2C[N+](C)(C)CCO2)cc1.O=S(=O)([O-])F. The number of rotatable bonds is 5. The third kappa shape index (κ3) is 10.1. The van der Waals surface area contributed by atoms with Gasteiger partial charge < -0.3 is 18.5 Å². The fourth-order valence-corrected chi connectivity index (χ4v) is 3.30. The van der Waals surface area contributed by atoms with Crippen molar-refractivity contribution in [3.8, 4) is 5.75 Å². The van der Waals surface area contributed by atoms with E-state index in [0.29, 0.717) is 6.10 Å². The van der Waals surface area contributed by atoms with Crippen LogP contribution in [0.5, 0.6) is 5.75 Å². The molecule has 0 radical (unpaired) electrons. The Morgan fingerprint density at radius 1 is 1.38 bits per heavy atom. The molecule has 1 fully saturated rings. The fourth-order valence-electron chi connectivity index (χ4n) is 2.29. The Morgan fingerprint density at radius 3 is 2.46 bits per heavy atom. The molecule has 0 amide bonds. The molecule has 6 nitrogen and oxygen atoms in total. The summed E-state index contributed by atoms with van der Waals surface area (Å²) < 4.78 is 47.4. The molecule has 0 aliphatic carbocycles. The van der Waals surface area contributed by atoms with Gasteiger partial charge in [0.05, 0.1) is 27.8 Å². The molecule has 0 N–H and O–H groups in total. The summed E-state index contributed by atoms with van der Waals surface area (Å²) in [7, 11) is 0.845. The summed E-state index contributed by atoms with van der Waals surface area (Å²) in [6.45, 7) is 3.13. The van der Waals surface area contributed by atoms with Crippen molar-refractivity contribution < 1.29 is 30.8 Å². The fraction of sp³-hybridized carbons (Fsp3) is 0.600. The number of likely N-dealkylation sites (N-methyl/N-ethyl adjacent to an activating group) is 1. The molecule has 138 valence electrons. The molecule has 2 rings (SSSR count). The van der Waals surface area contributed by atoms with Crippen molar-refractivity contribution in [2.75, 3.05) is 46.7 Å². The molecule has 1 aromatic carbocycles. The van der Waals surface area contributed by atoms with Gasteiger partial charge >= 0.3 is 0 Å². The summed E-state index contributed by atoms with van der Waals surface area (Å²) in [6.07, 6.45) is 0.395. The van der Waals surface area contributed by atoms with Crippen molar-refractivity contribution in [1.82, 2.24) is 0 Å². The zero-order chi connectivity index (χ0) is 18.2. The lowest BCUT2D eigenvalue weighted by Crippen LogP contribution is -2.53. The molecule has 0 saturated carbocycles. The number of hydrogen-bond acceptors (Lipinski definition) is 6. The summed E-state index contributed by atoms with van der Waals surface area (Å²) >= 11 is 1.95. The van der Waals surface area contributed by atoms with Gasteiger partial charge in [-0.05, 0) is 17.7 Å². The van der Waals surface area contributed by atoms with Crippen LogP contribution in [0.2, 0.25) is 0 Å². The molecule has 9 heteroatoms. The normalized spacial score (nSPS) is 20.0. The number of morpholine rings is 1. The summed E-state index contributed by atoms with van der Waals surface area (Å²) in [5.41, 5.74) is 1.34. The third-order valence-electron chi connectivity index (χ3n) is 3.48. The Balaban J connectivity index is 0.000000505. The Bertz CT molecular complexity index is 584. The van der Waals surface area contributed by atoms with E-state index in [9.17, 15) is 3.89 Å². The molecular formula is C15H24FNO5S2. The molecule has 0 aromatic heterocycles. The van der Waals surface area contributed by atoms with Gasteiger partial charge in [0.1, 0.15) is 24.9 Å². The Morgan fingerprint density at radius 2 is 1.96 bits per heavy atom. The van der Waals surface area contributed by atoms with Crippen LogP contribution >= 0.6 is 11.8 Å². The minimum Gasteiger partial charge on any atom is -0.722 e. The van der Waals surface area contributed by atoms with Crippen LogP contribution in [0.25, 0.3) is 0 Å². The Labute approximate surface area is 147 Å². The molecule has 0 spiro atoms. The van der Waals surface area contributed by atoms with Crippen molar-refractivity contribution in [3.05, 3.63) is 29.8 Å². The highest BCUT2D eigenvalue weighted by atomic mass is 32.3. The Hall–Kier alpha value is -0.870. The largest absolute Gasteiger partial charge is 0.722 e. The highest BCUT2D eigenvalue weighted by molar-refractivity contribution is 7.98. The quantitative estimate of drug-likeness (QED) is 0.440. The van der Waals surface area contributed by atoms with Crippen molar-refractivity contribution in [2.24, 2.45) is 0 Å². The van der Waals surface area contributed by atoms with E-state index >= 15 is 0 Å². The van der Waals surface area contributed by atoms with Crippen LogP contribution in [0.3, 0.4) is 0 Å². The maximum Gasteiger partial charge on any atom is 0.255 e. The van der Waals surface area contributed by atoms with Gasteiger partial charge in [-0.25, -0.2) is 8.42 Å². The second-order valence-electron chi connectivity index (χ2n) is 6.09. The topological polar surface area (TPSA) is 75.7 Å². The first kappa shape index (κ1) is 21.2. The van der Waals surface area contributed by atoms with Crippen molar-refractivity contribution in [1.29, 1.82) is 0 Å². The van der Waals surface area contributed by atoms with E-state index in [2.05, 4.69) is 26.2 Å². The number of halogens is 1.